The van der Waals surface area contributed by atoms with E-state index < -0.39 is 40.8 Å². The van der Waals surface area contributed by atoms with Gasteiger partial charge in [-0.2, -0.15) is 0 Å². The molecule has 1 aromatic rings. The quantitative estimate of drug-likeness (QED) is 0.646. The van der Waals surface area contributed by atoms with Gasteiger partial charge in [-0.15, -0.1) is 0 Å². The molecule has 2 saturated heterocycles. The van der Waals surface area contributed by atoms with Crippen LogP contribution >= 0.6 is 0 Å². The minimum absolute atomic E-state index is 0.0942. The van der Waals surface area contributed by atoms with Crippen molar-refractivity contribution in [3.8, 4) is 0 Å². The summed E-state index contributed by atoms with van der Waals surface area (Å²) in [4.78, 5) is 58.2. The minimum atomic E-state index is -0.711. The Labute approximate surface area is 186 Å². The fraction of sp³-hybridized carbons (Fsp3) is 0.565. The molecule has 0 N–H and O–H groups in total. The number of amides is 3. The summed E-state index contributed by atoms with van der Waals surface area (Å²) in [7, 11) is 0. The maximum atomic E-state index is 13.3. The second-order valence-corrected chi connectivity index (χ2v) is 9.56. The molecule has 3 aliphatic heterocycles. The number of ether oxygens (including phenoxy) is 2. The van der Waals surface area contributed by atoms with E-state index in [0.717, 1.165) is 0 Å². The minimum Gasteiger partial charge on any atom is -0.444 e. The van der Waals surface area contributed by atoms with Gasteiger partial charge in [0, 0.05) is 26.3 Å². The summed E-state index contributed by atoms with van der Waals surface area (Å²) in [6.45, 7) is 6.89. The number of hydrogen-bond donors (Lipinski definition) is 0. The van der Waals surface area contributed by atoms with Gasteiger partial charge >= 0.3 is 12.1 Å². The van der Waals surface area contributed by atoms with Gasteiger partial charge in [0.15, 0.2) is 0 Å². The summed E-state index contributed by atoms with van der Waals surface area (Å²) in [5.41, 5.74) is -0.691. The molecule has 3 aliphatic rings. The second-order valence-electron chi connectivity index (χ2n) is 9.56. The number of imide groups is 1. The lowest BCUT2D eigenvalue weighted by molar-refractivity contribution is -0.185. The highest BCUT2D eigenvalue weighted by Gasteiger charge is 2.51. The summed E-state index contributed by atoms with van der Waals surface area (Å²) in [5.74, 6) is -2.74. The third kappa shape index (κ3) is 4.09. The van der Waals surface area contributed by atoms with Gasteiger partial charge in [0.1, 0.15) is 5.60 Å². The van der Waals surface area contributed by atoms with Crippen molar-refractivity contribution in [2.75, 3.05) is 26.3 Å². The van der Waals surface area contributed by atoms with E-state index >= 15 is 0 Å². The van der Waals surface area contributed by atoms with E-state index in [1.54, 1.807) is 32.9 Å². The highest BCUT2D eigenvalue weighted by Crippen LogP contribution is 2.46. The molecule has 0 radical (unpaired) electrons. The maximum absolute atomic E-state index is 13.3. The highest BCUT2D eigenvalue weighted by molar-refractivity contribution is 6.20. The van der Waals surface area contributed by atoms with E-state index in [0.29, 0.717) is 44.1 Å². The molecule has 4 rings (SSSR count). The zero-order chi connectivity index (χ0) is 23.1. The zero-order valence-electron chi connectivity index (χ0n) is 18.6. The Hall–Kier alpha value is -2.94. The topological polar surface area (TPSA) is 102 Å². The van der Waals surface area contributed by atoms with Crippen LogP contribution in [0.2, 0.25) is 0 Å². The summed E-state index contributed by atoms with van der Waals surface area (Å²) in [6, 6.07) is 6.33. The molecule has 0 saturated carbocycles. The normalized spacial score (nSPS) is 22.7. The van der Waals surface area contributed by atoms with E-state index in [1.807, 2.05) is 0 Å². The van der Waals surface area contributed by atoms with Crippen LogP contribution in [0.4, 0.5) is 4.79 Å². The van der Waals surface area contributed by atoms with E-state index in [1.165, 1.54) is 17.0 Å². The zero-order valence-corrected chi connectivity index (χ0v) is 18.6. The molecule has 0 aliphatic carbocycles. The molecule has 9 nitrogen and oxygen atoms in total. The molecule has 1 aromatic carbocycles. The van der Waals surface area contributed by atoms with Crippen molar-refractivity contribution in [2.45, 2.75) is 45.6 Å². The lowest BCUT2D eigenvalue weighted by Crippen LogP contribution is -2.55. The molecule has 172 valence electrons. The standard InChI is InChI=1S/C23H28N2O7/c1-22(2,3)31-21(29)24-11-8-23(9-12-30-13-10-23)17(14-24)20(28)32-25-18(26)15-6-4-5-7-16(15)19(25)27/h4-7,17H,8-14H2,1-3H3. The Balaban J connectivity index is 1.55. The Bertz CT molecular complexity index is 911. The van der Waals surface area contributed by atoms with Crippen molar-refractivity contribution in [2.24, 2.45) is 11.3 Å². The lowest BCUT2D eigenvalue weighted by atomic mass is 9.65. The first-order valence-corrected chi connectivity index (χ1v) is 10.9. The van der Waals surface area contributed by atoms with Gasteiger partial charge in [0.2, 0.25) is 0 Å². The molecule has 0 aromatic heterocycles. The Morgan fingerprint density at radius 2 is 1.62 bits per heavy atom. The number of piperidine rings is 1. The van der Waals surface area contributed by atoms with Crippen molar-refractivity contribution in [1.82, 2.24) is 9.96 Å². The molecular weight excluding hydrogens is 416 g/mol. The Kier molecular flexibility index (Phi) is 5.70. The molecule has 9 heteroatoms. The van der Waals surface area contributed by atoms with Crippen molar-refractivity contribution in [3.05, 3.63) is 35.4 Å². The van der Waals surface area contributed by atoms with Crippen molar-refractivity contribution < 1.29 is 33.5 Å². The molecule has 3 heterocycles. The number of rotatable bonds is 2. The average molecular weight is 444 g/mol. The number of hydroxylamine groups is 2. The summed E-state index contributed by atoms with van der Waals surface area (Å²) in [5, 5.41) is 0.534. The SMILES string of the molecule is CC(C)(C)OC(=O)N1CCC2(CCOCC2)C(C(=O)ON2C(=O)c3ccccc3C2=O)C1. The first kappa shape index (κ1) is 22.3. The number of fused-ring (bicyclic) bond motifs is 1. The van der Waals surface area contributed by atoms with Crippen LogP contribution in [0.5, 0.6) is 0 Å². The molecule has 1 atom stereocenters. The molecule has 0 bridgehead atoms. The predicted octanol–water partition coefficient (Wildman–Crippen LogP) is 2.79. The Morgan fingerprint density at radius 1 is 1.03 bits per heavy atom. The molecule has 1 unspecified atom stereocenters. The van der Waals surface area contributed by atoms with Gasteiger partial charge in [-0.25, -0.2) is 9.59 Å². The number of hydrogen-bond acceptors (Lipinski definition) is 7. The van der Waals surface area contributed by atoms with Gasteiger partial charge in [0.25, 0.3) is 11.8 Å². The van der Waals surface area contributed by atoms with Crippen LogP contribution in [0.3, 0.4) is 0 Å². The third-order valence-corrected chi connectivity index (χ3v) is 6.38. The lowest BCUT2D eigenvalue weighted by Gasteiger charge is -2.48. The number of nitrogens with zero attached hydrogens (tertiary/aromatic N) is 2. The summed E-state index contributed by atoms with van der Waals surface area (Å²) in [6.07, 6.45) is 1.35. The van der Waals surface area contributed by atoms with Crippen LogP contribution in [0.25, 0.3) is 0 Å². The van der Waals surface area contributed by atoms with E-state index in [4.69, 9.17) is 14.3 Å². The van der Waals surface area contributed by atoms with Gasteiger partial charge < -0.3 is 19.2 Å². The largest absolute Gasteiger partial charge is 0.444 e. The molecule has 3 amide bonds. The van der Waals surface area contributed by atoms with Gasteiger partial charge in [0.05, 0.1) is 17.0 Å². The van der Waals surface area contributed by atoms with Crippen molar-refractivity contribution >= 4 is 23.9 Å². The van der Waals surface area contributed by atoms with Crippen LogP contribution in [0.15, 0.2) is 24.3 Å². The van der Waals surface area contributed by atoms with Crippen LogP contribution in [-0.2, 0) is 19.1 Å². The fourth-order valence-corrected chi connectivity index (χ4v) is 4.63. The van der Waals surface area contributed by atoms with Gasteiger partial charge in [-0.1, -0.05) is 17.2 Å². The van der Waals surface area contributed by atoms with E-state index in [2.05, 4.69) is 0 Å². The number of carbonyl (C=O) groups is 4. The van der Waals surface area contributed by atoms with Gasteiger partial charge in [-0.3, -0.25) is 9.59 Å². The highest BCUT2D eigenvalue weighted by atomic mass is 16.7. The Morgan fingerprint density at radius 3 is 2.19 bits per heavy atom. The van der Waals surface area contributed by atoms with E-state index in [9.17, 15) is 19.2 Å². The monoisotopic (exact) mass is 444 g/mol. The predicted molar refractivity (Wildman–Crippen MR) is 111 cm³/mol. The maximum Gasteiger partial charge on any atom is 0.410 e. The smallest absolute Gasteiger partial charge is 0.410 e. The van der Waals surface area contributed by atoms with Gasteiger partial charge in [-0.05, 0) is 57.6 Å². The fourth-order valence-electron chi connectivity index (χ4n) is 4.63. The molecule has 1 spiro atoms. The molecule has 2 fully saturated rings. The summed E-state index contributed by atoms with van der Waals surface area (Å²) >= 11 is 0. The number of likely N-dealkylation sites (tertiary alicyclic amines) is 1. The van der Waals surface area contributed by atoms with Crippen LogP contribution in [0.1, 0.15) is 60.7 Å². The average Bonchev–Trinajstić information content (AvgIpc) is 2.98. The van der Waals surface area contributed by atoms with Crippen LogP contribution in [-0.4, -0.2) is 65.7 Å². The first-order valence-electron chi connectivity index (χ1n) is 10.9. The van der Waals surface area contributed by atoms with Crippen molar-refractivity contribution in [3.63, 3.8) is 0 Å². The summed E-state index contributed by atoms with van der Waals surface area (Å²) < 4.78 is 11.0. The second kappa shape index (κ2) is 8.20. The number of carbonyl (C=O) groups excluding carboxylic acids is 4. The first-order chi connectivity index (χ1) is 15.1. The third-order valence-electron chi connectivity index (χ3n) is 6.38. The van der Waals surface area contributed by atoms with Crippen LogP contribution < -0.4 is 0 Å². The number of benzene rings is 1. The van der Waals surface area contributed by atoms with E-state index in [-0.39, 0.29) is 17.7 Å². The van der Waals surface area contributed by atoms with Crippen LogP contribution in [0, 0.1) is 11.3 Å². The molecule has 32 heavy (non-hydrogen) atoms. The van der Waals surface area contributed by atoms with Crippen molar-refractivity contribution in [1.29, 1.82) is 0 Å². The molecular formula is C23H28N2O7.